The van der Waals surface area contributed by atoms with Crippen LogP contribution in [0.25, 0.3) is 0 Å². The standard InChI is InChI=1S/C22H25BrF3NO3S/c1-21(2,3)30-20(28)27-10-8-15(9-11-27)14-4-6-16(7-5-14)29-12-17-18(22(24,25)26)13-31-19(17)23/h4-7,13,15H,8-12H2,1-3H3. The SMILES string of the molecule is CC(C)(C)OC(=O)N1CCC(c2ccc(OCc3c(C(F)(F)F)csc3Br)cc2)CC1. The van der Waals surface area contributed by atoms with Gasteiger partial charge in [-0.25, -0.2) is 4.79 Å². The molecule has 0 N–H and O–H groups in total. The highest BCUT2D eigenvalue weighted by Crippen LogP contribution is 2.40. The van der Waals surface area contributed by atoms with E-state index in [9.17, 15) is 18.0 Å². The number of hydrogen-bond donors (Lipinski definition) is 0. The lowest BCUT2D eigenvalue weighted by molar-refractivity contribution is -0.138. The topological polar surface area (TPSA) is 38.8 Å². The summed E-state index contributed by atoms with van der Waals surface area (Å²) in [5.41, 5.74) is 0.0567. The van der Waals surface area contributed by atoms with Gasteiger partial charge in [-0.15, -0.1) is 11.3 Å². The van der Waals surface area contributed by atoms with E-state index in [1.165, 1.54) is 0 Å². The molecule has 0 saturated carbocycles. The maximum atomic E-state index is 13.1. The number of rotatable bonds is 4. The molecule has 0 unspecified atom stereocenters. The molecule has 2 heterocycles. The van der Waals surface area contributed by atoms with Crippen LogP contribution in [-0.4, -0.2) is 29.7 Å². The molecule has 0 spiro atoms. The maximum absolute atomic E-state index is 13.1. The molecule has 1 amide bonds. The molecule has 1 aliphatic rings. The first-order chi connectivity index (χ1) is 14.4. The van der Waals surface area contributed by atoms with Crippen LogP contribution < -0.4 is 4.74 Å². The molecule has 1 aromatic heterocycles. The number of hydrogen-bond acceptors (Lipinski definition) is 4. The summed E-state index contributed by atoms with van der Waals surface area (Å²) < 4.78 is 50.8. The molecule has 0 bridgehead atoms. The minimum absolute atomic E-state index is 0.107. The van der Waals surface area contributed by atoms with Gasteiger partial charge < -0.3 is 14.4 Å². The van der Waals surface area contributed by atoms with E-state index in [0.717, 1.165) is 35.1 Å². The Morgan fingerprint density at radius 3 is 2.32 bits per heavy atom. The van der Waals surface area contributed by atoms with Crippen molar-refractivity contribution >= 4 is 33.4 Å². The van der Waals surface area contributed by atoms with Gasteiger partial charge in [-0.1, -0.05) is 12.1 Å². The first kappa shape index (κ1) is 23.9. The summed E-state index contributed by atoms with van der Waals surface area (Å²) in [6, 6.07) is 7.44. The fraction of sp³-hybridized carbons (Fsp3) is 0.500. The van der Waals surface area contributed by atoms with Gasteiger partial charge in [-0.05, 0) is 73.2 Å². The lowest BCUT2D eigenvalue weighted by atomic mass is 9.89. The van der Waals surface area contributed by atoms with E-state index >= 15 is 0 Å². The summed E-state index contributed by atoms with van der Waals surface area (Å²) >= 11 is 4.18. The quantitative estimate of drug-likeness (QED) is 0.427. The number of likely N-dealkylation sites (tertiary alicyclic amines) is 1. The van der Waals surface area contributed by atoms with Gasteiger partial charge in [0.05, 0.1) is 9.35 Å². The molecule has 31 heavy (non-hydrogen) atoms. The van der Waals surface area contributed by atoms with E-state index in [1.807, 2.05) is 32.9 Å². The van der Waals surface area contributed by atoms with Crippen molar-refractivity contribution < 1.29 is 27.4 Å². The second-order valence-electron chi connectivity index (χ2n) is 8.50. The summed E-state index contributed by atoms with van der Waals surface area (Å²) in [4.78, 5) is 13.9. The molecule has 1 fully saturated rings. The molecular formula is C22H25BrF3NO3S. The normalized spacial score (nSPS) is 15.8. The Morgan fingerprint density at radius 1 is 1.16 bits per heavy atom. The number of alkyl halides is 3. The number of thiophene rings is 1. The van der Waals surface area contributed by atoms with E-state index in [2.05, 4.69) is 15.9 Å². The Morgan fingerprint density at radius 2 is 1.77 bits per heavy atom. The van der Waals surface area contributed by atoms with Crippen LogP contribution in [-0.2, 0) is 17.5 Å². The average Bonchev–Trinajstić information content (AvgIpc) is 3.06. The molecule has 0 aliphatic carbocycles. The number of benzene rings is 1. The number of ether oxygens (including phenoxy) is 2. The Hall–Kier alpha value is -1.74. The fourth-order valence-electron chi connectivity index (χ4n) is 3.44. The Labute approximate surface area is 192 Å². The van der Waals surface area contributed by atoms with Crippen LogP contribution in [0.15, 0.2) is 33.4 Å². The molecule has 4 nitrogen and oxygen atoms in total. The number of nitrogens with zero attached hydrogens (tertiary/aromatic N) is 1. The Bertz CT molecular complexity index is 898. The van der Waals surface area contributed by atoms with E-state index in [0.29, 0.717) is 28.5 Å². The van der Waals surface area contributed by atoms with Gasteiger partial charge in [0, 0.05) is 24.0 Å². The average molecular weight is 520 g/mol. The van der Waals surface area contributed by atoms with E-state index in [1.54, 1.807) is 17.0 Å². The van der Waals surface area contributed by atoms with Crippen molar-refractivity contribution in [3.8, 4) is 5.75 Å². The zero-order chi connectivity index (χ0) is 22.8. The summed E-state index contributed by atoms with van der Waals surface area (Å²) in [6.07, 6.45) is -3.03. The molecule has 0 radical (unpaired) electrons. The highest BCUT2D eigenvalue weighted by molar-refractivity contribution is 9.11. The number of carbonyl (C=O) groups excluding carboxylic acids is 1. The molecule has 1 saturated heterocycles. The third-order valence-electron chi connectivity index (χ3n) is 5.03. The third kappa shape index (κ3) is 6.38. The Kier molecular flexibility index (Phi) is 7.25. The Balaban J connectivity index is 1.55. The van der Waals surface area contributed by atoms with Crippen molar-refractivity contribution in [1.82, 2.24) is 4.90 Å². The van der Waals surface area contributed by atoms with Crippen molar-refractivity contribution in [2.24, 2.45) is 0 Å². The summed E-state index contributed by atoms with van der Waals surface area (Å²) in [5, 5.41) is 1.09. The summed E-state index contributed by atoms with van der Waals surface area (Å²) in [5.74, 6) is 0.830. The molecule has 1 aliphatic heterocycles. The molecule has 2 aromatic rings. The molecule has 9 heteroatoms. The predicted molar refractivity (Wildman–Crippen MR) is 118 cm³/mol. The first-order valence-electron chi connectivity index (χ1n) is 9.98. The highest BCUT2D eigenvalue weighted by atomic mass is 79.9. The second-order valence-corrected chi connectivity index (χ2v) is 10.7. The van der Waals surface area contributed by atoms with Gasteiger partial charge in [0.25, 0.3) is 0 Å². The van der Waals surface area contributed by atoms with Crippen LogP contribution in [0.1, 0.15) is 56.2 Å². The number of halogens is 4. The van der Waals surface area contributed by atoms with Crippen LogP contribution >= 0.6 is 27.3 Å². The monoisotopic (exact) mass is 519 g/mol. The van der Waals surface area contributed by atoms with Crippen LogP contribution in [0.3, 0.4) is 0 Å². The van der Waals surface area contributed by atoms with Crippen molar-refractivity contribution in [2.75, 3.05) is 13.1 Å². The minimum atomic E-state index is -4.40. The van der Waals surface area contributed by atoms with Crippen molar-refractivity contribution in [3.63, 3.8) is 0 Å². The highest BCUT2D eigenvalue weighted by Gasteiger charge is 2.35. The van der Waals surface area contributed by atoms with Gasteiger partial charge in [0.2, 0.25) is 0 Å². The predicted octanol–water partition coefficient (Wildman–Crippen LogP) is 7.22. The van der Waals surface area contributed by atoms with Crippen molar-refractivity contribution in [1.29, 1.82) is 0 Å². The molecular weight excluding hydrogens is 495 g/mol. The van der Waals surface area contributed by atoms with E-state index in [-0.39, 0.29) is 18.3 Å². The number of piperidine rings is 1. The van der Waals surface area contributed by atoms with Gasteiger partial charge in [-0.2, -0.15) is 13.2 Å². The van der Waals surface area contributed by atoms with Crippen molar-refractivity contribution in [3.05, 3.63) is 50.1 Å². The van der Waals surface area contributed by atoms with Gasteiger partial charge in [0.1, 0.15) is 18.0 Å². The molecule has 0 atom stereocenters. The smallest absolute Gasteiger partial charge is 0.417 e. The fourth-order valence-corrected chi connectivity index (χ4v) is 4.86. The summed E-state index contributed by atoms with van der Waals surface area (Å²) in [7, 11) is 0. The lowest BCUT2D eigenvalue weighted by Crippen LogP contribution is -2.41. The van der Waals surface area contributed by atoms with Gasteiger partial charge in [-0.3, -0.25) is 0 Å². The minimum Gasteiger partial charge on any atom is -0.489 e. The molecule has 170 valence electrons. The lowest BCUT2D eigenvalue weighted by Gasteiger charge is -2.33. The first-order valence-corrected chi connectivity index (χ1v) is 11.6. The van der Waals surface area contributed by atoms with Crippen molar-refractivity contribution in [2.45, 2.75) is 57.9 Å². The van der Waals surface area contributed by atoms with Crippen LogP contribution in [0.5, 0.6) is 5.75 Å². The molecule has 1 aromatic carbocycles. The van der Waals surface area contributed by atoms with E-state index in [4.69, 9.17) is 9.47 Å². The number of carbonyl (C=O) groups is 1. The maximum Gasteiger partial charge on any atom is 0.417 e. The zero-order valence-corrected chi connectivity index (χ0v) is 20.0. The van der Waals surface area contributed by atoms with Crippen LogP contribution in [0.2, 0.25) is 0 Å². The second kappa shape index (κ2) is 9.40. The van der Waals surface area contributed by atoms with Crippen LogP contribution in [0, 0.1) is 0 Å². The van der Waals surface area contributed by atoms with Gasteiger partial charge >= 0.3 is 12.3 Å². The van der Waals surface area contributed by atoms with Crippen LogP contribution in [0.4, 0.5) is 18.0 Å². The van der Waals surface area contributed by atoms with Gasteiger partial charge in [0.15, 0.2) is 0 Å². The number of amides is 1. The zero-order valence-electron chi connectivity index (χ0n) is 17.6. The third-order valence-corrected chi connectivity index (χ3v) is 6.88. The van der Waals surface area contributed by atoms with E-state index < -0.39 is 17.3 Å². The largest absolute Gasteiger partial charge is 0.489 e. The molecule has 3 rings (SSSR count). The summed E-state index contributed by atoms with van der Waals surface area (Å²) in [6.45, 7) is 6.65.